The van der Waals surface area contributed by atoms with Crippen LogP contribution < -0.4 is 0 Å². The molecule has 0 amide bonds. The molecule has 0 saturated carbocycles. The van der Waals surface area contributed by atoms with Crippen molar-refractivity contribution in [1.82, 2.24) is 0 Å². The van der Waals surface area contributed by atoms with Crippen molar-refractivity contribution < 1.29 is 9.53 Å². The average Bonchev–Trinajstić information content (AvgIpc) is 2.57. The van der Waals surface area contributed by atoms with Gasteiger partial charge in [0.15, 0.2) is 0 Å². The third kappa shape index (κ3) is 35.0. The normalized spacial score (nSPS) is 9.07. The third-order valence-electron chi connectivity index (χ3n) is 4.41. The Labute approximate surface area is 211 Å². The Hall–Kier alpha value is 1.13. The fourth-order valence-corrected chi connectivity index (χ4v) is 2.88. The minimum absolute atomic E-state index is 0. The van der Waals surface area contributed by atoms with Gasteiger partial charge in [-0.25, -0.2) is 4.79 Å². The van der Waals surface area contributed by atoms with E-state index in [4.69, 9.17) is 4.74 Å². The van der Waals surface area contributed by atoms with Crippen molar-refractivity contribution in [1.29, 1.82) is 0 Å². The summed E-state index contributed by atoms with van der Waals surface area (Å²) in [6, 6.07) is 0. The summed E-state index contributed by atoms with van der Waals surface area (Å²) in [4.78, 5) is 10.8. The second-order valence-corrected chi connectivity index (χ2v) is 6.67. The van der Waals surface area contributed by atoms with Crippen LogP contribution in [0.4, 0.5) is 0 Å². The molecule has 0 atom stereocenters. The fraction of sp³-hybridized carbons (Fsp3) is 0.857. The lowest BCUT2D eigenvalue weighted by Crippen LogP contribution is -2.01. The van der Waals surface area contributed by atoms with E-state index in [2.05, 4.69) is 13.5 Å². The highest BCUT2D eigenvalue weighted by molar-refractivity contribution is 8.93. The lowest BCUT2D eigenvalue weighted by Gasteiger charge is -2.04. The molecule has 0 aliphatic heterocycles. The molecule has 0 spiro atoms. The van der Waals surface area contributed by atoms with Crippen LogP contribution >= 0.6 is 67.9 Å². The Morgan fingerprint density at radius 2 is 0.926 bits per heavy atom. The molecule has 0 heterocycles. The molecule has 27 heavy (non-hydrogen) atoms. The van der Waals surface area contributed by atoms with Crippen LogP contribution in [0.5, 0.6) is 0 Å². The number of hydrogen-bond donors (Lipinski definition) is 0. The van der Waals surface area contributed by atoms with E-state index in [0.717, 1.165) is 6.42 Å². The average molecular weight is 648 g/mol. The highest BCUT2D eigenvalue weighted by atomic mass is 79.9. The number of esters is 1. The van der Waals surface area contributed by atoms with Crippen molar-refractivity contribution in [2.24, 2.45) is 0 Å². The van der Waals surface area contributed by atoms with Crippen LogP contribution in [0.3, 0.4) is 0 Å². The van der Waals surface area contributed by atoms with Crippen molar-refractivity contribution in [3.63, 3.8) is 0 Å². The number of unbranched alkanes of at least 4 members (excludes halogenated alkanes) is 15. The zero-order valence-corrected chi connectivity index (χ0v) is 24.1. The molecule has 0 aliphatic carbocycles. The molecule has 0 unspecified atom stereocenters. The van der Waals surface area contributed by atoms with Gasteiger partial charge in [-0.15, -0.1) is 67.9 Å². The van der Waals surface area contributed by atoms with E-state index in [1.807, 2.05) is 0 Å². The van der Waals surface area contributed by atoms with E-state index in [1.165, 1.54) is 102 Å². The molecule has 0 rings (SSSR count). The number of carbonyl (C=O) groups is 1. The van der Waals surface area contributed by atoms with Gasteiger partial charge in [0.1, 0.15) is 0 Å². The summed E-state index contributed by atoms with van der Waals surface area (Å²) in [6.45, 7) is 6.20. The zero-order valence-electron chi connectivity index (χ0n) is 17.3. The second kappa shape index (κ2) is 34.6. The predicted molar refractivity (Wildman–Crippen MR) is 142 cm³/mol. The Morgan fingerprint density at radius 3 is 1.22 bits per heavy atom. The third-order valence-corrected chi connectivity index (χ3v) is 4.41. The van der Waals surface area contributed by atoms with E-state index in [1.54, 1.807) is 0 Å². The van der Waals surface area contributed by atoms with Crippen molar-refractivity contribution in [3.8, 4) is 0 Å². The first-order valence-electron chi connectivity index (χ1n) is 10.1. The van der Waals surface area contributed by atoms with E-state index in [0.29, 0.717) is 6.61 Å². The summed E-state index contributed by atoms with van der Waals surface area (Å²) >= 11 is 0. The summed E-state index contributed by atoms with van der Waals surface area (Å²) in [5.74, 6) is -0.300. The van der Waals surface area contributed by atoms with Gasteiger partial charge in [0.25, 0.3) is 0 Å². The lowest BCUT2D eigenvalue weighted by atomic mass is 10.0. The molecule has 2 nitrogen and oxygen atoms in total. The zero-order chi connectivity index (χ0) is 17.0. The van der Waals surface area contributed by atoms with E-state index >= 15 is 0 Å². The minimum Gasteiger partial charge on any atom is -0.463 e. The minimum atomic E-state index is -0.300. The van der Waals surface area contributed by atoms with Crippen molar-refractivity contribution in [3.05, 3.63) is 12.7 Å². The van der Waals surface area contributed by atoms with E-state index in [-0.39, 0.29) is 73.9 Å². The SMILES string of the molecule is Br.Br.Br.Br.C=CC(=O)OCCCCCCCCCCCCCCCCCC. The first-order chi connectivity index (χ1) is 11.3. The fourth-order valence-electron chi connectivity index (χ4n) is 2.88. The molecule has 6 heteroatoms. The molecule has 0 aromatic heterocycles. The maximum absolute atomic E-state index is 10.8. The highest BCUT2D eigenvalue weighted by Crippen LogP contribution is 2.13. The van der Waals surface area contributed by atoms with Crippen LogP contribution in [0.2, 0.25) is 0 Å². The van der Waals surface area contributed by atoms with Gasteiger partial charge in [-0.1, -0.05) is 110 Å². The summed E-state index contributed by atoms with van der Waals surface area (Å²) in [5, 5.41) is 0. The number of ether oxygens (including phenoxy) is 1. The molecule has 0 radical (unpaired) electrons. The molecular formula is C21H44Br4O2. The summed E-state index contributed by atoms with van der Waals surface area (Å²) in [7, 11) is 0. The first-order valence-corrected chi connectivity index (χ1v) is 10.1. The molecule has 0 aromatic carbocycles. The topological polar surface area (TPSA) is 26.3 Å². The molecule has 0 aliphatic rings. The van der Waals surface area contributed by atoms with Gasteiger partial charge < -0.3 is 4.74 Å². The van der Waals surface area contributed by atoms with Gasteiger partial charge in [-0.05, 0) is 6.42 Å². The van der Waals surface area contributed by atoms with Gasteiger partial charge in [0.05, 0.1) is 6.61 Å². The van der Waals surface area contributed by atoms with Crippen LogP contribution in [0.15, 0.2) is 12.7 Å². The molecule has 0 aromatic rings. The van der Waals surface area contributed by atoms with Gasteiger partial charge in [0, 0.05) is 6.08 Å². The van der Waals surface area contributed by atoms with Crippen LogP contribution in [0, 0.1) is 0 Å². The largest absolute Gasteiger partial charge is 0.463 e. The Bertz CT molecular complexity index is 277. The standard InChI is InChI=1S/C21H40O2.4BrH/c1-3-5-6-7-8-9-10-11-12-13-14-15-16-17-18-19-20-23-21(22)4-2;;;;/h4H,2-3,5-20H2,1H3;4*1H. The maximum atomic E-state index is 10.8. The molecule has 0 fully saturated rings. The molecule has 0 bridgehead atoms. The Kier molecular flexibility index (Phi) is 49.6. The summed E-state index contributed by atoms with van der Waals surface area (Å²) in [5.41, 5.74) is 0. The smallest absolute Gasteiger partial charge is 0.330 e. The van der Waals surface area contributed by atoms with Gasteiger partial charge in [-0.2, -0.15) is 0 Å². The molecule has 0 saturated heterocycles. The van der Waals surface area contributed by atoms with Crippen molar-refractivity contribution in [2.45, 2.75) is 110 Å². The number of rotatable bonds is 18. The van der Waals surface area contributed by atoms with E-state index in [9.17, 15) is 4.79 Å². The van der Waals surface area contributed by atoms with Gasteiger partial charge in [-0.3, -0.25) is 0 Å². The van der Waals surface area contributed by atoms with Crippen LogP contribution in [-0.2, 0) is 9.53 Å². The van der Waals surface area contributed by atoms with Crippen LogP contribution in [0.25, 0.3) is 0 Å². The number of hydrogen-bond acceptors (Lipinski definition) is 2. The highest BCUT2D eigenvalue weighted by Gasteiger charge is 1.96. The predicted octanol–water partition coefficient (Wildman–Crippen LogP) is 9.29. The summed E-state index contributed by atoms with van der Waals surface area (Å²) < 4.78 is 4.95. The number of carbonyl (C=O) groups excluding carboxylic acids is 1. The molecular weight excluding hydrogens is 604 g/mol. The Balaban J connectivity index is -0.000000403. The quantitative estimate of drug-likeness (QED) is 0.0842. The van der Waals surface area contributed by atoms with Gasteiger partial charge in [0.2, 0.25) is 0 Å². The van der Waals surface area contributed by atoms with Gasteiger partial charge >= 0.3 is 5.97 Å². The lowest BCUT2D eigenvalue weighted by molar-refractivity contribution is -0.137. The van der Waals surface area contributed by atoms with E-state index < -0.39 is 0 Å². The van der Waals surface area contributed by atoms with Crippen molar-refractivity contribution >= 4 is 73.9 Å². The number of halogens is 4. The van der Waals surface area contributed by atoms with Crippen LogP contribution in [-0.4, -0.2) is 12.6 Å². The second-order valence-electron chi connectivity index (χ2n) is 6.67. The molecule has 168 valence electrons. The first kappa shape index (κ1) is 38.7. The Morgan fingerprint density at radius 1 is 0.630 bits per heavy atom. The monoisotopic (exact) mass is 644 g/mol. The van der Waals surface area contributed by atoms with Crippen LogP contribution in [0.1, 0.15) is 110 Å². The molecule has 0 N–H and O–H groups in total. The maximum Gasteiger partial charge on any atom is 0.330 e. The van der Waals surface area contributed by atoms with Crippen molar-refractivity contribution in [2.75, 3.05) is 6.61 Å². The summed E-state index contributed by atoms with van der Waals surface area (Å²) in [6.07, 6.45) is 23.0.